The highest BCUT2D eigenvalue weighted by atomic mass is 35.5. The van der Waals surface area contributed by atoms with Crippen LogP contribution in [0.3, 0.4) is 0 Å². The van der Waals surface area contributed by atoms with Crippen molar-refractivity contribution < 1.29 is 24.2 Å². The fraction of sp³-hybridized carbons (Fsp3) is 0.500. The fourth-order valence-electron chi connectivity index (χ4n) is 4.00. The van der Waals surface area contributed by atoms with E-state index in [1.54, 1.807) is 0 Å². The van der Waals surface area contributed by atoms with E-state index < -0.39 is 29.6 Å². The molecule has 9 heteroatoms. The molecule has 2 rings (SSSR count). The van der Waals surface area contributed by atoms with Crippen LogP contribution in [0.15, 0.2) is 24.3 Å². The lowest BCUT2D eigenvalue weighted by Crippen LogP contribution is -2.33. The lowest BCUT2D eigenvalue weighted by molar-refractivity contribution is -0.123. The normalized spacial score (nSPS) is 12.5. The summed E-state index contributed by atoms with van der Waals surface area (Å²) in [4.78, 5) is 36.8. The molecule has 0 aliphatic heterocycles. The molecular weight excluding hydrogens is 518 g/mol. The Labute approximate surface area is 236 Å². The van der Waals surface area contributed by atoms with Gasteiger partial charge in [-0.15, -0.1) is 0 Å². The molecule has 0 aliphatic carbocycles. The van der Waals surface area contributed by atoms with E-state index >= 15 is 0 Å². The number of ether oxygens (including phenoxy) is 1. The Kier molecular flexibility index (Phi) is 10.4. The van der Waals surface area contributed by atoms with Crippen LogP contribution in [-0.4, -0.2) is 28.9 Å². The SMILES string of the molecule is CCC(Oc1ccc(C(C)(C)CC)cc1C(C)(C)CC)C(=O)Nc1cc(Cl)c(NC(C)=O)c(NC(C)=O)c1O. The minimum absolute atomic E-state index is 0.00947. The second-order valence-electron chi connectivity index (χ2n) is 11.1. The Morgan fingerprint density at radius 2 is 1.46 bits per heavy atom. The van der Waals surface area contributed by atoms with Crippen LogP contribution in [0.4, 0.5) is 17.1 Å². The average Bonchev–Trinajstić information content (AvgIpc) is 2.86. The zero-order chi connectivity index (χ0) is 29.7. The second kappa shape index (κ2) is 12.7. The topological polar surface area (TPSA) is 117 Å². The molecule has 8 nitrogen and oxygen atoms in total. The maximum Gasteiger partial charge on any atom is 0.265 e. The van der Waals surface area contributed by atoms with Crippen LogP contribution in [0.5, 0.6) is 11.5 Å². The largest absolute Gasteiger partial charge is 0.504 e. The van der Waals surface area contributed by atoms with Gasteiger partial charge in [0.1, 0.15) is 11.4 Å². The summed E-state index contributed by atoms with van der Waals surface area (Å²) in [5.41, 5.74) is 1.91. The fourth-order valence-corrected chi connectivity index (χ4v) is 4.25. The molecule has 0 fully saturated rings. The molecule has 0 radical (unpaired) electrons. The van der Waals surface area contributed by atoms with Crippen LogP contribution >= 0.6 is 11.6 Å². The Hall–Kier alpha value is -3.26. The van der Waals surface area contributed by atoms with Crippen LogP contribution in [0, 0.1) is 0 Å². The Balaban J connectivity index is 2.47. The molecule has 0 saturated heterocycles. The van der Waals surface area contributed by atoms with Gasteiger partial charge in [0.05, 0.1) is 16.4 Å². The smallest absolute Gasteiger partial charge is 0.265 e. The second-order valence-corrected chi connectivity index (χ2v) is 11.5. The molecule has 1 unspecified atom stereocenters. The number of carbonyl (C=O) groups is 3. The summed E-state index contributed by atoms with van der Waals surface area (Å²) in [5, 5.41) is 18.5. The lowest BCUT2D eigenvalue weighted by Gasteiger charge is -2.31. The van der Waals surface area contributed by atoms with Gasteiger partial charge in [-0.1, -0.05) is 72.2 Å². The van der Waals surface area contributed by atoms with E-state index in [9.17, 15) is 19.5 Å². The molecule has 39 heavy (non-hydrogen) atoms. The Bertz CT molecular complexity index is 1240. The van der Waals surface area contributed by atoms with Gasteiger partial charge < -0.3 is 25.8 Å². The number of carbonyl (C=O) groups excluding carboxylic acids is 3. The molecule has 2 aromatic carbocycles. The minimum atomic E-state index is -0.876. The molecule has 0 aliphatic rings. The third-order valence-electron chi connectivity index (χ3n) is 7.30. The number of anilines is 3. The van der Waals surface area contributed by atoms with E-state index in [1.165, 1.54) is 25.5 Å². The van der Waals surface area contributed by atoms with Gasteiger partial charge in [0.15, 0.2) is 11.9 Å². The molecule has 0 spiro atoms. The lowest BCUT2D eigenvalue weighted by atomic mass is 9.76. The maximum absolute atomic E-state index is 13.4. The third kappa shape index (κ3) is 7.66. The number of phenolic OH excluding ortho intramolecular Hbond substituents is 1. The minimum Gasteiger partial charge on any atom is -0.504 e. The first-order chi connectivity index (χ1) is 18.1. The highest BCUT2D eigenvalue weighted by Crippen LogP contribution is 2.44. The zero-order valence-electron chi connectivity index (χ0n) is 24.5. The number of halogens is 1. The number of amides is 3. The number of nitrogens with one attached hydrogen (secondary N) is 3. The van der Waals surface area contributed by atoms with Crippen molar-refractivity contribution >= 4 is 46.4 Å². The van der Waals surface area contributed by atoms with E-state index in [0.717, 1.165) is 18.4 Å². The van der Waals surface area contributed by atoms with Crippen molar-refractivity contribution in [2.75, 3.05) is 16.0 Å². The molecule has 1 atom stereocenters. The highest BCUT2D eigenvalue weighted by molar-refractivity contribution is 6.35. The van der Waals surface area contributed by atoms with Crippen molar-refractivity contribution in [3.8, 4) is 11.5 Å². The quantitative estimate of drug-likeness (QED) is 0.218. The van der Waals surface area contributed by atoms with Crippen molar-refractivity contribution in [3.05, 3.63) is 40.4 Å². The molecule has 2 aromatic rings. The van der Waals surface area contributed by atoms with Gasteiger partial charge in [0.2, 0.25) is 11.8 Å². The molecule has 4 N–H and O–H groups in total. The van der Waals surface area contributed by atoms with Gasteiger partial charge in [-0.25, -0.2) is 0 Å². The summed E-state index contributed by atoms with van der Waals surface area (Å²) in [7, 11) is 0. The molecule has 0 aromatic heterocycles. The Morgan fingerprint density at radius 1 is 0.897 bits per heavy atom. The summed E-state index contributed by atoms with van der Waals surface area (Å²) in [6.45, 7) is 17.4. The third-order valence-corrected chi connectivity index (χ3v) is 7.60. The van der Waals surface area contributed by atoms with E-state index in [0.29, 0.717) is 12.2 Å². The van der Waals surface area contributed by atoms with Gasteiger partial charge in [-0.2, -0.15) is 0 Å². The van der Waals surface area contributed by atoms with Gasteiger partial charge in [0.25, 0.3) is 5.91 Å². The van der Waals surface area contributed by atoms with E-state index in [2.05, 4.69) is 63.6 Å². The number of hydrogen-bond acceptors (Lipinski definition) is 5. The molecule has 0 saturated carbocycles. The first-order valence-corrected chi connectivity index (χ1v) is 13.7. The summed E-state index contributed by atoms with van der Waals surface area (Å²) in [6.07, 6.45) is 1.34. The summed E-state index contributed by atoms with van der Waals surface area (Å²) >= 11 is 6.35. The van der Waals surface area contributed by atoms with Crippen molar-refractivity contribution in [2.45, 2.75) is 98.5 Å². The van der Waals surface area contributed by atoms with Gasteiger partial charge in [-0.05, 0) is 47.8 Å². The van der Waals surface area contributed by atoms with E-state index in [1.807, 2.05) is 19.1 Å². The predicted octanol–water partition coefficient (Wildman–Crippen LogP) is 7.13. The van der Waals surface area contributed by atoms with Crippen LogP contribution in [0.25, 0.3) is 0 Å². The van der Waals surface area contributed by atoms with Crippen LogP contribution < -0.4 is 20.7 Å². The number of rotatable bonds is 11. The van der Waals surface area contributed by atoms with Crippen molar-refractivity contribution in [1.82, 2.24) is 0 Å². The summed E-state index contributed by atoms with van der Waals surface area (Å²) in [5.74, 6) is -1.25. The van der Waals surface area contributed by atoms with Gasteiger partial charge in [0, 0.05) is 19.4 Å². The maximum atomic E-state index is 13.4. The zero-order valence-corrected chi connectivity index (χ0v) is 25.2. The predicted molar refractivity (Wildman–Crippen MR) is 158 cm³/mol. The van der Waals surface area contributed by atoms with E-state index in [-0.39, 0.29) is 32.9 Å². The summed E-state index contributed by atoms with van der Waals surface area (Å²) < 4.78 is 6.31. The van der Waals surface area contributed by atoms with Gasteiger partial charge >= 0.3 is 0 Å². The van der Waals surface area contributed by atoms with Crippen molar-refractivity contribution in [1.29, 1.82) is 0 Å². The highest BCUT2D eigenvalue weighted by Gasteiger charge is 2.29. The van der Waals surface area contributed by atoms with Gasteiger partial charge in [-0.3, -0.25) is 14.4 Å². The van der Waals surface area contributed by atoms with Crippen LogP contribution in [0.2, 0.25) is 5.02 Å². The van der Waals surface area contributed by atoms with Crippen LogP contribution in [0.1, 0.15) is 92.7 Å². The molecule has 0 heterocycles. The standard InChI is InChI=1S/C30H42ClN3O5/c1-10-23(39-24-14-13-19(29(6,7)11-2)15-20(24)30(8,9)12-3)28(38)34-22-16-21(31)25(32-17(4)35)26(27(22)37)33-18(5)36/h13-16,23,37H,10-12H2,1-9H3,(H,32,35)(H,33,36)(H,34,38). The molecule has 214 valence electrons. The van der Waals surface area contributed by atoms with E-state index in [4.69, 9.17) is 16.3 Å². The summed E-state index contributed by atoms with van der Waals surface area (Å²) in [6, 6.07) is 7.47. The molecular formula is C30H42ClN3O5. The first-order valence-electron chi connectivity index (χ1n) is 13.3. The van der Waals surface area contributed by atoms with Crippen LogP contribution in [-0.2, 0) is 25.2 Å². The first kappa shape index (κ1) is 32.0. The number of aromatic hydroxyl groups is 1. The monoisotopic (exact) mass is 559 g/mol. The molecule has 0 bridgehead atoms. The average molecular weight is 560 g/mol. The van der Waals surface area contributed by atoms with Crippen molar-refractivity contribution in [3.63, 3.8) is 0 Å². The van der Waals surface area contributed by atoms with Crippen molar-refractivity contribution in [2.24, 2.45) is 0 Å². The number of benzene rings is 2. The number of hydrogen-bond donors (Lipinski definition) is 4. The Morgan fingerprint density at radius 3 is 1.97 bits per heavy atom. The number of phenols is 1. The molecule has 3 amide bonds.